The molecule has 0 aromatic heterocycles. The van der Waals surface area contributed by atoms with Crippen molar-refractivity contribution in [1.82, 2.24) is 10.2 Å². The van der Waals surface area contributed by atoms with Gasteiger partial charge in [0.05, 0.1) is 11.4 Å². The van der Waals surface area contributed by atoms with E-state index in [1.54, 1.807) is 0 Å². The van der Waals surface area contributed by atoms with Crippen LogP contribution in [-0.4, -0.2) is 42.1 Å². The summed E-state index contributed by atoms with van der Waals surface area (Å²) in [6.07, 6.45) is 1.07. The molecule has 28 heavy (non-hydrogen) atoms. The molecule has 1 unspecified atom stereocenters. The maximum absolute atomic E-state index is 5.63. The molecule has 3 rings (SSSR count). The van der Waals surface area contributed by atoms with Gasteiger partial charge in [0.2, 0.25) is 0 Å². The van der Waals surface area contributed by atoms with Gasteiger partial charge in [0, 0.05) is 40.5 Å². The van der Waals surface area contributed by atoms with Gasteiger partial charge in [-0.3, -0.25) is 0 Å². The summed E-state index contributed by atoms with van der Waals surface area (Å²) in [5, 5.41) is 3.36. The van der Waals surface area contributed by atoms with Gasteiger partial charge in [-0.25, -0.2) is 0 Å². The lowest BCUT2D eigenvalue weighted by Crippen LogP contribution is -2.42. The van der Waals surface area contributed by atoms with E-state index in [0.29, 0.717) is 12.1 Å². The van der Waals surface area contributed by atoms with E-state index in [1.165, 1.54) is 21.2 Å². The monoisotopic (exact) mass is 413 g/mol. The van der Waals surface area contributed by atoms with Crippen LogP contribution in [0.1, 0.15) is 39.7 Å². The van der Waals surface area contributed by atoms with Gasteiger partial charge in [-0.1, -0.05) is 49.1 Å². The molecule has 1 N–H and O–H groups in total. The minimum Gasteiger partial charge on any atom is -0.376 e. The van der Waals surface area contributed by atoms with E-state index >= 15 is 0 Å². The summed E-state index contributed by atoms with van der Waals surface area (Å²) in [7, 11) is 2.20. The molecular formula is C23H31N3S2. The molecule has 1 aliphatic rings. The third-order valence-electron chi connectivity index (χ3n) is 5.24. The quantitative estimate of drug-likeness (QED) is 0.586. The smallest absolute Gasteiger partial charge is 0.106 e. The summed E-state index contributed by atoms with van der Waals surface area (Å²) >= 11 is 7.48. The third-order valence-corrected chi connectivity index (χ3v) is 6.75. The maximum Gasteiger partial charge on any atom is 0.106 e. The zero-order valence-electron chi connectivity index (χ0n) is 17.5. The first-order chi connectivity index (χ1) is 13.4. The first-order valence-electron chi connectivity index (χ1n) is 10.1. The van der Waals surface area contributed by atoms with Crippen molar-refractivity contribution in [3.05, 3.63) is 48.0 Å². The van der Waals surface area contributed by atoms with E-state index in [9.17, 15) is 0 Å². The molecule has 1 heterocycles. The van der Waals surface area contributed by atoms with Crippen LogP contribution in [0.5, 0.6) is 0 Å². The lowest BCUT2D eigenvalue weighted by molar-refractivity contribution is 0.260. The molecule has 0 fully saturated rings. The number of hydrogen-bond donors (Lipinski definition) is 1. The molecule has 0 saturated heterocycles. The van der Waals surface area contributed by atoms with Gasteiger partial charge < -0.3 is 15.1 Å². The third kappa shape index (κ3) is 4.53. The maximum atomic E-state index is 5.63. The van der Waals surface area contributed by atoms with E-state index < -0.39 is 0 Å². The van der Waals surface area contributed by atoms with Crippen molar-refractivity contribution in [2.45, 2.75) is 56.0 Å². The molecular weight excluding hydrogens is 382 g/mol. The SMILES string of the molecule is CCCNC(=S)c1ccc2c(c1)N(C(C)CN(C)C(C)C)c1ccccc1S2. The topological polar surface area (TPSA) is 18.5 Å². The summed E-state index contributed by atoms with van der Waals surface area (Å²) in [5.41, 5.74) is 3.64. The van der Waals surface area contributed by atoms with Crippen LogP contribution in [0.25, 0.3) is 0 Å². The lowest BCUT2D eigenvalue weighted by Gasteiger charge is -2.39. The van der Waals surface area contributed by atoms with Crippen molar-refractivity contribution in [2.24, 2.45) is 0 Å². The molecule has 5 heteroatoms. The van der Waals surface area contributed by atoms with Crippen LogP contribution in [-0.2, 0) is 0 Å². The minimum absolute atomic E-state index is 0.348. The summed E-state index contributed by atoms with van der Waals surface area (Å²) in [6.45, 7) is 10.9. The summed E-state index contributed by atoms with van der Waals surface area (Å²) in [4.78, 5) is 8.34. The van der Waals surface area contributed by atoms with E-state index in [4.69, 9.17) is 12.2 Å². The van der Waals surface area contributed by atoms with Gasteiger partial charge >= 0.3 is 0 Å². The van der Waals surface area contributed by atoms with Crippen LogP contribution in [0, 0.1) is 0 Å². The van der Waals surface area contributed by atoms with Crippen molar-refractivity contribution in [2.75, 3.05) is 25.0 Å². The predicted octanol–water partition coefficient (Wildman–Crippen LogP) is 5.69. The highest BCUT2D eigenvalue weighted by Crippen LogP contribution is 2.49. The fourth-order valence-electron chi connectivity index (χ4n) is 3.45. The fourth-order valence-corrected chi connectivity index (χ4v) is 4.73. The van der Waals surface area contributed by atoms with Crippen molar-refractivity contribution < 1.29 is 0 Å². The number of fused-ring (bicyclic) bond motifs is 2. The summed E-state index contributed by atoms with van der Waals surface area (Å²) in [5.74, 6) is 0. The number of benzene rings is 2. The Kier molecular flexibility index (Phi) is 7.02. The second-order valence-electron chi connectivity index (χ2n) is 7.76. The Hall–Kier alpha value is -1.56. The number of nitrogens with zero attached hydrogens (tertiary/aromatic N) is 2. The largest absolute Gasteiger partial charge is 0.376 e. The van der Waals surface area contributed by atoms with Gasteiger partial charge in [0.15, 0.2) is 0 Å². The number of thiocarbonyl (C=S) groups is 1. The molecule has 0 amide bonds. The van der Waals surface area contributed by atoms with Crippen LogP contribution >= 0.6 is 24.0 Å². The van der Waals surface area contributed by atoms with Crippen LogP contribution in [0.3, 0.4) is 0 Å². The number of hydrogen-bond acceptors (Lipinski definition) is 4. The lowest BCUT2D eigenvalue weighted by atomic mass is 10.1. The molecule has 0 bridgehead atoms. The van der Waals surface area contributed by atoms with Gasteiger partial charge in [-0.15, -0.1) is 0 Å². The molecule has 2 aromatic carbocycles. The van der Waals surface area contributed by atoms with Gasteiger partial charge in [0.25, 0.3) is 0 Å². The zero-order chi connectivity index (χ0) is 20.3. The Morgan fingerprint density at radius 3 is 2.54 bits per heavy atom. The molecule has 0 radical (unpaired) electrons. The molecule has 3 nitrogen and oxygen atoms in total. The number of para-hydroxylation sites is 1. The standard InChI is InChI=1S/C23H31N3S2/c1-6-13-24-23(27)18-11-12-22-20(14-18)26(17(4)15-25(5)16(2)3)19-9-7-8-10-21(19)28-22/h7-12,14,16-17H,6,13,15H2,1-5H3,(H,24,27). The van der Waals surface area contributed by atoms with Crippen molar-refractivity contribution in [1.29, 1.82) is 0 Å². The summed E-state index contributed by atoms with van der Waals surface area (Å²) < 4.78 is 0. The Morgan fingerprint density at radius 2 is 1.82 bits per heavy atom. The molecule has 0 aliphatic carbocycles. The Morgan fingerprint density at radius 1 is 1.11 bits per heavy atom. The van der Waals surface area contributed by atoms with Crippen LogP contribution < -0.4 is 10.2 Å². The highest BCUT2D eigenvalue weighted by atomic mass is 32.2. The highest BCUT2D eigenvalue weighted by Gasteiger charge is 2.28. The van der Waals surface area contributed by atoms with E-state index in [2.05, 4.69) is 92.3 Å². The molecule has 1 atom stereocenters. The fraction of sp³-hybridized carbons (Fsp3) is 0.435. The number of likely N-dealkylation sites (N-methyl/N-ethyl adjacent to an activating group) is 1. The first kappa shape index (κ1) is 21.2. The average Bonchev–Trinajstić information content (AvgIpc) is 2.69. The van der Waals surface area contributed by atoms with Crippen LogP contribution in [0.4, 0.5) is 11.4 Å². The predicted molar refractivity (Wildman–Crippen MR) is 126 cm³/mol. The zero-order valence-corrected chi connectivity index (χ0v) is 19.2. The van der Waals surface area contributed by atoms with Gasteiger partial charge in [-0.05, 0) is 58.5 Å². The molecule has 1 aliphatic heterocycles. The van der Waals surface area contributed by atoms with Crippen molar-refractivity contribution >= 4 is 40.3 Å². The van der Waals surface area contributed by atoms with Crippen LogP contribution in [0.15, 0.2) is 52.3 Å². The number of nitrogens with one attached hydrogen (secondary N) is 1. The van der Waals surface area contributed by atoms with Crippen molar-refractivity contribution in [3.63, 3.8) is 0 Å². The minimum atomic E-state index is 0.348. The molecule has 2 aromatic rings. The van der Waals surface area contributed by atoms with E-state index in [0.717, 1.165) is 30.1 Å². The normalized spacial score (nSPS) is 14.0. The van der Waals surface area contributed by atoms with E-state index in [-0.39, 0.29) is 0 Å². The molecule has 0 spiro atoms. The Bertz CT molecular complexity index is 834. The van der Waals surface area contributed by atoms with E-state index in [1.807, 2.05) is 11.8 Å². The second kappa shape index (κ2) is 9.29. The number of anilines is 2. The van der Waals surface area contributed by atoms with Crippen LogP contribution in [0.2, 0.25) is 0 Å². The van der Waals surface area contributed by atoms with Gasteiger partial charge in [-0.2, -0.15) is 0 Å². The second-order valence-corrected chi connectivity index (χ2v) is 9.25. The molecule has 150 valence electrons. The average molecular weight is 414 g/mol. The Balaban J connectivity index is 1.99. The summed E-state index contributed by atoms with van der Waals surface area (Å²) in [6, 6.07) is 16.2. The Labute approximate surface area is 179 Å². The first-order valence-corrected chi connectivity index (χ1v) is 11.3. The number of rotatable bonds is 7. The van der Waals surface area contributed by atoms with Crippen molar-refractivity contribution in [3.8, 4) is 0 Å². The highest BCUT2D eigenvalue weighted by molar-refractivity contribution is 7.99. The van der Waals surface area contributed by atoms with Gasteiger partial charge in [0.1, 0.15) is 4.99 Å². The molecule has 0 saturated carbocycles.